The van der Waals surface area contributed by atoms with Gasteiger partial charge < -0.3 is 10.4 Å². The highest BCUT2D eigenvalue weighted by molar-refractivity contribution is 6.31. The van der Waals surface area contributed by atoms with Crippen molar-refractivity contribution >= 4 is 29.2 Å². The zero-order valence-corrected chi connectivity index (χ0v) is 13.5. The maximum atomic E-state index is 12.8. The number of hydrogen-bond acceptors (Lipinski definition) is 2. The molecule has 120 valence electrons. The van der Waals surface area contributed by atoms with Crippen LogP contribution in [-0.2, 0) is 9.59 Å². The summed E-state index contributed by atoms with van der Waals surface area (Å²) < 4.78 is 0. The van der Waals surface area contributed by atoms with Crippen molar-refractivity contribution in [1.82, 2.24) is 0 Å². The number of carbonyl (C=O) groups is 2. The molecule has 1 aromatic rings. The zero-order valence-electron chi connectivity index (χ0n) is 12.7. The average molecular weight is 332 g/mol. The lowest BCUT2D eigenvalue weighted by Gasteiger charge is -2.41. The normalized spacial score (nSPS) is 36.4. The van der Waals surface area contributed by atoms with E-state index in [0.29, 0.717) is 22.5 Å². The summed E-state index contributed by atoms with van der Waals surface area (Å²) in [6.45, 7) is 1.84. The first-order valence-electron chi connectivity index (χ1n) is 7.96. The predicted molar refractivity (Wildman–Crippen MR) is 87.2 cm³/mol. The molecule has 0 spiro atoms. The van der Waals surface area contributed by atoms with Crippen molar-refractivity contribution in [1.29, 1.82) is 0 Å². The molecule has 1 amide bonds. The van der Waals surface area contributed by atoms with Crippen molar-refractivity contribution in [2.75, 3.05) is 5.32 Å². The summed E-state index contributed by atoms with van der Waals surface area (Å²) >= 11 is 6.10. The Kier molecular flexibility index (Phi) is 3.27. The van der Waals surface area contributed by atoms with Gasteiger partial charge in [0.25, 0.3) is 0 Å². The van der Waals surface area contributed by atoms with E-state index in [0.717, 1.165) is 12.0 Å². The Bertz CT molecular complexity index is 729. The maximum absolute atomic E-state index is 12.8. The van der Waals surface area contributed by atoms with E-state index >= 15 is 0 Å². The minimum Gasteiger partial charge on any atom is -0.481 e. The van der Waals surface area contributed by atoms with E-state index in [-0.39, 0.29) is 17.7 Å². The Morgan fingerprint density at radius 1 is 1.17 bits per heavy atom. The van der Waals surface area contributed by atoms with Gasteiger partial charge in [0.05, 0.1) is 11.8 Å². The van der Waals surface area contributed by atoms with Gasteiger partial charge in [0, 0.05) is 10.7 Å². The second kappa shape index (κ2) is 5.10. The molecule has 5 heteroatoms. The molecule has 2 bridgehead atoms. The summed E-state index contributed by atoms with van der Waals surface area (Å²) in [6, 6.07) is 5.35. The monoisotopic (exact) mass is 331 g/mol. The Hall–Kier alpha value is -1.81. The number of nitrogens with one attached hydrogen (secondary N) is 1. The number of carboxylic acid groups (broad SMARTS) is 1. The molecule has 0 aliphatic heterocycles. The summed E-state index contributed by atoms with van der Waals surface area (Å²) in [5.41, 5.74) is 1.46. The van der Waals surface area contributed by atoms with E-state index in [2.05, 4.69) is 11.4 Å². The van der Waals surface area contributed by atoms with Gasteiger partial charge in [-0.2, -0.15) is 0 Å². The van der Waals surface area contributed by atoms with Crippen LogP contribution in [0.1, 0.15) is 12.0 Å². The lowest BCUT2D eigenvalue weighted by atomic mass is 9.62. The van der Waals surface area contributed by atoms with Crippen LogP contribution in [0.3, 0.4) is 0 Å². The average Bonchev–Trinajstić information content (AvgIpc) is 3.33. The third-order valence-corrected chi connectivity index (χ3v) is 6.17. The van der Waals surface area contributed by atoms with Gasteiger partial charge in [-0.1, -0.05) is 29.8 Å². The molecule has 23 heavy (non-hydrogen) atoms. The predicted octanol–water partition coefficient (Wildman–Crippen LogP) is 3.36. The molecule has 2 N–H and O–H groups in total. The van der Waals surface area contributed by atoms with Gasteiger partial charge >= 0.3 is 5.97 Å². The van der Waals surface area contributed by atoms with Gasteiger partial charge in [0.15, 0.2) is 0 Å². The van der Waals surface area contributed by atoms with Gasteiger partial charge in [-0.3, -0.25) is 9.59 Å². The van der Waals surface area contributed by atoms with Crippen LogP contribution in [0, 0.1) is 42.4 Å². The molecule has 5 rings (SSSR count). The number of carbonyl (C=O) groups excluding carboxylic acids is 1. The number of halogens is 1. The molecule has 4 aliphatic rings. The van der Waals surface area contributed by atoms with E-state index in [1.165, 1.54) is 0 Å². The molecule has 0 saturated heterocycles. The minimum atomic E-state index is -0.863. The van der Waals surface area contributed by atoms with E-state index in [1.807, 2.05) is 13.0 Å². The van der Waals surface area contributed by atoms with Crippen LogP contribution in [0.25, 0.3) is 0 Å². The van der Waals surface area contributed by atoms with Crippen molar-refractivity contribution in [2.45, 2.75) is 13.3 Å². The van der Waals surface area contributed by atoms with Gasteiger partial charge in [-0.25, -0.2) is 0 Å². The highest BCUT2D eigenvalue weighted by atomic mass is 35.5. The molecule has 0 unspecified atom stereocenters. The number of anilines is 1. The Morgan fingerprint density at radius 2 is 1.83 bits per heavy atom. The summed E-state index contributed by atoms with van der Waals surface area (Å²) in [5.74, 6) is -1.19. The van der Waals surface area contributed by atoms with E-state index in [9.17, 15) is 14.7 Å². The van der Waals surface area contributed by atoms with Crippen molar-refractivity contribution in [2.24, 2.45) is 35.5 Å². The van der Waals surface area contributed by atoms with Crippen LogP contribution in [0.5, 0.6) is 0 Å². The molecule has 1 aromatic carbocycles. The summed E-state index contributed by atoms with van der Waals surface area (Å²) in [6.07, 6.45) is 5.13. The third kappa shape index (κ3) is 2.19. The summed E-state index contributed by atoms with van der Waals surface area (Å²) in [7, 11) is 0. The molecule has 0 radical (unpaired) electrons. The lowest BCUT2D eigenvalue weighted by Crippen LogP contribution is -2.48. The second-order valence-corrected chi connectivity index (χ2v) is 7.30. The second-order valence-electron chi connectivity index (χ2n) is 6.89. The van der Waals surface area contributed by atoms with Crippen LogP contribution in [-0.4, -0.2) is 17.0 Å². The van der Waals surface area contributed by atoms with E-state index in [1.54, 1.807) is 18.2 Å². The first-order chi connectivity index (χ1) is 11.0. The number of rotatable bonds is 3. The fourth-order valence-corrected chi connectivity index (χ4v) is 4.70. The van der Waals surface area contributed by atoms with Gasteiger partial charge in [-0.05, 0) is 54.7 Å². The van der Waals surface area contributed by atoms with E-state index < -0.39 is 17.8 Å². The molecule has 0 aromatic heterocycles. The molecule has 4 nitrogen and oxygen atoms in total. The Labute approximate surface area is 139 Å². The molecule has 0 heterocycles. The largest absolute Gasteiger partial charge is 0.481 e. The van der Waals surface area contributed by atoms with Gasteiger partial charge in [0.2, 0.25) is 5.91 Å². The van der Waals surface area contributed by atoms with Crippen molar-refractivity contribution in [3.8, 4) is 0 Å². The smallest absolute Gasteiger partial charge is 0.307 e. The molecular weight excluding hydrogens is 314 g/mol. The van der Waals surface area contributed by atoms with Crippen LogP contribution >= 0.6 is 11.6 Å². The summed E-state index contributed by atoms with van der Waals surface area (Å²) in [5, 5.41) is 13.1. The first-order valence-corrected chi connectivity index (χ1v) is 8.34. The van der Waals surface area contributed by atoms with Crippen LogP contribution in [0.2, 0.25) is 5.02 Å². The quantitative estimate of drug-likeness (QED) is 0.835. The Balaban J connectivity index is 1.63. The number of fused-ring (bicyclic) bond motifs is 1. The van der Waals surface area contributed by atoms with Gasteiger partial charge in [0.1, 0.15) is 0 Å². The molecular formula is C18H18ClNO3. The number of carboxylic acids is 1. The van der Waals surface area contributed by atoms with Crippen molar-refractivity contribution < 1.29 is 14.7 Å². The lowest BCUT2D eigenvalue weighted by molar-refractivity contribution is -0.152. The molecule has 2 saturated carbocycles. The van der Waals surface area contributed by atoms with Crippen LogP contribution in [0.4, 0.5) is 5.69 Å². The fourth-order valence-electron chi connectivity index (χ4n) is 4.53. The number of amides is 1. The SMILES string of the molecule is Cc1c(Cl)cccc1NC(=O)[C@H]1[C@@H]2C=C[C@@H]([C@@H]3C[C@H]23)[C@@H]1C(=O)O. The molecule has 6 atom stereocenters. The third-order valence-electron chi connectivity index (χ3n) is 5.77. The van der Waals surface area contributed by atoms with Crippen LogP contribution < -0.4 is 5.32 Å². The highest BCUT2D eigenvalue weighted by Crippen LogP contribution is 2.63. The van der Waals surface area contributed by atoms with E-state index in [4.69, 9.17) is 11.6 Å². The number of allylic oxidation sites excluding steroid dienone is 2. The fraction of sp³-hybridized carbons (Fsp3) is 0.444. The van der Waals surface area contributed by atoms with Crippen molar-refractivity contribution in [3.05, 3.63) is 40.9 Å². The molecule has 2 fully saturated rings. The van der Waals surface area contributed by atoms with Crippen molar-refractivity contribution in [3.63, 3.8) is 0 Å². The van der Waals surface area contributed by atoms with Gasteiger partial charge in [-0.15, -0.1) is 0 Å². The number of benzene rings is 1. The zero-order chi connectivity index (χ0) is 16.3. The highest BCUT2D eigenvalue weighted by Gasteiger charge is 2.62. The first kappa shape index (κ1) is 14.8. The Morgan fingerprint density at radius 3 is 2.48 bits per heavy atom. The topological polar surface area (TPSA) is 66.4 Å². The van der Waals surface area contributed by atoms with Crippen LogP contribution in [0.15, 0.2) is 30.4 Å². The number of aliphatic carboxylic acids is 1. The standard InChI is InChI=1S/C18H18ClNO3/c1-8-13(19)3-2-4-14(8)20-17(21)15-9-5-6-10(12-7-11(9)12)16(15)18(22)23/h2-6,9-12,15-16H,7H2,1H3,(H,20,21)(H,22,23)/t9-,10+,11-,12+,15+,16+/m1/s1. The number of hydrogen-bond donors (Lipinski definition) is 2. The summed E-state index contributed by atoms with van der Waals surface area (Å²) in [4.78, 5) is 24.6. The minimum absolute atomic E-state index is 0.00120. The molecule has 4 aliphatic carbocycles. The maximum Gasteiger partial charge on any atom is 0.307 e.